The lowest BCUT2D eigenvalue weighted by molar-refractivity contribution is -0.185. The summed E-state index contributed by atoms with van der Waals surface area (Å²) < 4.78 is 39.0. The van der Waals surface area contributed by atoms with Crippen LogP contribution in [0.15, 0.2) is 18.3 Å². The number of alkyl halides is 3. The predicted molar refractivity (Wildman–Crippen MR) is 76.7 cm³/mol. The van der Waals surface area contributed by atoms with Crippen molar-refractivity contribution in [2.75, 3.05) is 44.2 Å². The van der Waals surface area contributed by atoms with Crippen LogP contribution in [0.4, 0.5) is 19.0 Å². The summed E-state index contributed by atoms with van der Waals surface area (Å²) in [6, 6.07) is 3.60. The molecule has 0 aliphatic carbocycles. The predicted octanol–water partition coefficient (Wildman–Crippen LogP) is 0.523. The Bertz CT molecular complexity index is 545. The quantitative estimate of drug-likeness (QED) is 0.857. The van der Waals surface area contributed by atoms with E-state index in [0.29, 0.717) is 26.2 Å². The molecule has 1 aromatic heterocycles. The van der Waals surface area contributed by atoms with Gasteiger partial charge in [0, 0.05) is 45.5 Å². The van der Waals surface area contributed by atoms with Gasteiger partial charge in [0.2, 0.25) is 5.91 Å². The molecule has 2 fully saturated rings. The first kappa shape index (κ1) is 16.0. The summed E-state index contributed by atoms with van der Waals surface area (Å²) in [5.41, 5.74) is 0. The van der Waals surface area contributed by atoms with Gasteiger partial charge in [-0.25, -0.2) is 0 Å². The average molecular weight is 329 g/mol. The molecule has 126 valence electrons. The standard InChI is InChI=1S/C14H18F3N5O/c15-14(16,17)11-9-18-8-10(11)13(23)22-6-4-21(5-7-22)12-2-1-3-19-20-12/h1-3,10-11,18H,4-9H2/t10-,11-/m1/s1. The van der Waals surface area contributed by atoms with E-state index < -0.39 is 23.9 Å². The number of hydrogen-bond donors (Lipinski definition) is 1. The molecule has 1 amide bonds. The van der Waals surface area contributed by atoms with Gasteiger partial charge in [-0.2, -0.15) is 18.3 Å². The summed E-state index contributed by atoms with van der Waals surface area (Å²) in [5, 5.41) is 10.5. The fourth-order valence-electron chi connectivity index (χ4n) is 3.13. The fraction of sp³-hybridized carbons (Fsp3) is 0.643. The van der Waals surface area contributed by atoms with E-state index in [9.17, 15) is 18.0 Å². The maximum Gasteiger partial charge on any atom is 0.393 e. The molecule has 3 heterocycles. The van der Waals surface area contributed by atoms with Crippen LogP contribution in [0.2, 0.25) is 0 Å². The second kappa shape index (κ2) is 6.31. The Morgan fingerprint density at radius 1 is 1.22 bits per heavy atom. The Morgan fingerprint density at radius 2 is 1.96 bits per heavy atom. The number of carbonyl (C=O) groups excluding carboxylic acids is 1. The maximum absolute atomic E-state index is 13.0. The van der Waals surface area contributed by atoms with Gasteiger partial charge >= 0.3 is 6.18 Å². The van der Waals surface area contributed by atoms with Gasteiger partial charge in [0.1, 0.15) is 0 Å². The molecule has 2 atom stereocenters. The van der Waals surface area contributed by atoms with Crippen molar-refractivity contribution >= 4 is 11.7 Å². The van der Waals surface area contributed by atoms with Crippen LogP contribution in [-0.4, -0.2) is 66.4 Å². The van der Waals surface area contributed by atoms with Crippen LogP contribution < -0.4 is 10.2 Å². The van der Waals surface area contributed by atoms with Crippen LogP contribution in [0.25, 0.3) is 0 Å². The highest BCUT2D eigenvalue weighted by Crippen LogP contribution is 2.35. The normalized spacial score (nSPS) is 25.7. The first-order valence-corrected chi connectivity index (χ1v) is 7.55. The Morgan fingerprint density at radius 3 is 2.57 bits per heavy atom. The number of amides is 1. The molecular formula is C14H18F3N5O. The number of anilines is 1. The van der Waals surface area contributed by atoms with Crippen molar-refractivity contribution in [2.24, 2.45) is 11.8 Å². The molecule has 0 aromatic carbocycles. The zero-order chi connectivity index (χ0) is 16.4. The van der Waals surface area contributed by atoms with E-state index in [2.05, 4.69) is 15.5 Å². The highest BCUT2D eigenvalue weighted by Gasteiger charge is 2.50. The zero-order valence-electron chi connectivity index (χ0n) is 12.5. The minimum atomic E-state index is -4.34. The van der Waals surface area contributed by atoms with Crippen molar-refractivity contribution in [1.82, 2.24) is 20.4 Å². The summed E-state index contributed by atoms with van der Waals surface area (Å²) in [5.74, 6) is -2.29. The molecule has 9 heteroatoms. The number of hydrogen-bond acceptors (Lipinski definition) is 5. The summed E-state index contributed by atoms with van der Waals surface area (Å²) in [7, 11) is 0. The van der Waals surface area contributed by atoms with Gasteiger partial charge in [-0.05, 0) is 12.1 Å². The lowest BCUT2D eigenvalue weighted by Crippen LogP contribution is -2.52. The van der Waals surface area contributed by atoms with Crippen molar-refractivity contribution < 1.29 is 18.0 Å². The Labute approximate surface area is 131 Å². The number of nitrogens with one attached hydrogen (secondary N) is 1. The topological polar surface area (TPSA) is 61.4 Å². The third-order valence-corrected chi connectivity index (χ3v) is 4.43. The molecule has 3 rings (SSSR count). The van der Waals surface area contributed by atoms with Crippen LogP contribution in [-0.2, 0) is 4.79 Å². The van der Waals surface area contributed by atoms with E-state index in [1.165, 1.54) is 4.90 Å². The Hall–Kier alpha value is -1.90. The summed E-state index contributed by atoms with van der Waals surface area (Å²) in [4.78, 5) is 15.9. The van der Waals surface area contributed by atoms with Gasteiger partial charge in [0.15, 0.2) is 5.82 Å². The molecule has 2 saturated heterocycles. The van der Waals surface area contributed by atoms with Crippen LogP contribution in [0, 0.1) is 11.8 Å². The molecule has 2 aliphatic heterocycles. The Kier molecular flexibility index (Phi) is 4.38. The number of rotatable bonds is 2. The van der Waals surface area contributed by atoms with Gasteiger partial charge in [0.25, 0.3) is 0 Å². The molecule has 1 aromatic rings. The summed E-state index contributed by atoms with van der Waals surface area (Å²) in [6.45, 7) is 1.79. The lowest BCUT2D eigenvalue weighted by Gasteiger charge is -2.37. The second-order valence-electron chi connectivity index (χ2n) is 5.81. The van der Waals surface area contributed by atoms with Crippen LogP contribution in [0.5, 0.6) is 0 Å². The van der Waals surface area contributed by atoms with Crippen molar-refractivity contribution in [3.05, 3.63) is 18.3 Å². The monoisotopic (exact) mass is 329 g/mol. The fourth-order valence-corrected chi connectivity index (χ4v) is 3.13. The van der Waals surface area contributed by atoms with E-state index in [1.807, 2.05) is 11.0 Å². The Balaban J connectivity index is 1.60. The minimum absolute atomic E-state index is 0.0907. The van der Waals surface area contributed by atoms with E-state index in [1.54, 1.807) is 12.3 Å². The number of nitrogens with zero attached hydrogens (tertiary/aromatic N) is 4. The summed E-state index contributed by atoms with van der Waals surface area (Å²) >= 11 is 0. The van der Waals surface area contributed by atoms with Gasteiger partial charge in [-0.15, -0.1) is 5.10 Å². The SMILES string of the molecule is O=C([C@@H]1CNC[C@H]1C(F)(F)F)N1CCN(c2cccnn2)CC1. The minimum Gasteiger partial charge on any atom is -0.352 e. The largest absolute Gasteiger partial charge is 0.393 e. The average Bonchev–Trinajstić information content (AvgIpc) is 3.05. The van der Waals surface area contributed by atoms with Crippen LogP contribution in [0.3, 0.4) is 0 Å². The highest BCUT2D eigenvalue weighted by atomic mass is 19.4. The van der Waals surface area contributed by atoms with Gasteiger partial charge < -0.3 is 15.1 Å². The summed E-state index contributed by atoms with van der Waals surface area (Å²) in [6.07, 6.45) is -2.76. The van der Waals surface area contributed by atoms with Gasteiger partial charge in [0.05, 0.1) is 11.8 Å². The van der Waals surface area contributed by atoms with Crippen LogP contribution in [0.1, 0.15) is 0 Å². The molecule has 0 unspecified atom stereocenters. The van der Waals surface area contributed by atoms with Crippen molar-refractivity contribution in [3.63, 3.8) is 0 Å². The number of carbonyl (C=O) groups is 1. The van der Waals surface area contributed by atoms with E-state index in [0.717, 1.165) is 5.82 Å². The van der Waals surface area contributed by atoms with Crippen molar-refractivity contribution in [2.45, 2.75) is 6.18 Å². The highest BCUT2D eigenvalue weighted by molar-refractivity contribution is 5.80. The molecule has 1 N–H and O–H groups in total. The van der Waals surface area contributed by atoms with Crippen molar-refractivity contribution in [3.8, 4) is 0 Å². The lowest BCUT2D eigenvalue weighted by atomic mass is 9.93. The number of aromatic nitrogens is 2. The maximum atomic E-state index is 13.0. The zero-order valence-corrected chi connectivity index (χ0v) is 12.5. The molecule has 0 radical (unpaired) electrons. The molecule has 2 aliphatic rings. The third-order valence-electron chi connectivity index (χ3n) is 4.43. The molecule has 0 spiro atoms. The third kappa shape index (κ3) is 3.39. The van der Waals surface area contributed by atoms with Crippen LogP contribution >= 0.6 is 0 Å². The molecular weight excluding hydrogens is 311 g/mol. The van der Waals surface area contributed by atoms with E-state index in [4.69, 9.17) is 0 Å². The van der Waals surface area contributed by atoms with E-state index >= 15 is 0 Å². The molecule has 23 heavy (non-hydrogen) atoms. The molecule has 6 nitrogen and oxygen atoms in total. The molecule has 0 saturated carbocycles. The van der Waals surface area contributed by atoms with Gasteiger partial charge in [-0.1, -0.05) is 0 Å². The van der Waals surface area contributed by atoms with Crippen molar-refractivity contribution in [1.29, 1.82) is 0 Å². The van der Waals surface area contributed by atoms with Gasteiger partial charge in [-0.3, -0.25) is 4.79 Å². The smallest absolute Gasteiger partial charge is 0.352 e. The first-order valence-electron chi connectivity index (χ1n) is 7.55. The number of piperazine rings is 1. The number of halogens is 3. The first-order chi connectivity index (χ1) is 11.0. The molecule has 0 bridgehead atoms. The second-order valence-corrected chi connectivity index (χ2v) is 5.81. The van der Waals surface area contributed by atoms with E-state index in [-0.39, 0.29) is 13.1 Å².